The molecule has 6 heteroatoms. The van der Waals surface area contributed by atoms with Gasteiger partial charge < -0.3 is 0 Å². The molecule has 1 amide bonds. The molecule has 3 rings (SSSR count). The summed E-state index contributed by atoms with van der Waals surface area (Å²) in [5.74, 6) is -0.482. The van der Waals surface area contributed by atoms with Crippen LogP contribution in [0.3, 0.4) is 0 Å². The number of amides is 1. The molecular formula is C16H20N2O3S. The first kappa shape index (κ1) is 15.4. The molecule has 1 aliphatic carbocycles. The van der Waals surface area contributed by atoms with Crippen LogP contribution in [-0.4, -0.2) is 37.4 Å². The van der Waals surface area contributed by atoms with E-state index in [0.29, 0.717) is 23.7 Å². The van der Waals surface area contributed by atoms with Crippen molar-refractivity contribution < 1.29 is 13.2 Å². The Bertz CT molecular complexity index is 735. The Morgan fingerprint density at radius 2 is 1.82 bits per heavy atom. The van der Waals surface area contributed by atoms with E-state index in [1.807, 2.05) is 13.8 Å². The third kappa shape index (κ3) is 2.61. The molecule has 1 atom stereocenters. The maximum absolute atomic E-state index is 12.8. The van der Waals surface area contributed by atoms with Crippen LogP contribution in [0.4, 0.5) is 0 Å². The molecule has 0 bridgehead atoms. The Hall–Kier alpha value is -1.53. The fourth-order valence-corrected chi connectivity index (χ4v) is 4.85. The van der Waals surface area contributed by atoms with Crippen LogP contribution < -0.4 is 0 Å². The van der Waals surface area contributed by atoms with E-state index in [-0.39, 0.29) is 11.8 Å². The minimum Gasteiger partial charge on any atom is -0.267 e. The van der Waals surface area contributed by atoms with Gasteiger partial charge in [-0.3, -0.25) is 4.79 Å². The van der Waals surface area contributed by atoms with E-state index in [2.05, 4.69) is 4.99 Å². The predicted molar refractivity (Wildman–Crippen MR) is 85.9 cm³/mol. The number of carbonyl (C=O) groups is 1. The highest BCUT2D eigenvalue weighted by molar-refractivity contribution is 7.93. The molecule has 22 heavy (non-hydrogen) atoms. The molecule has 0 N–H and O–H groups in total. The summed E-state index contributed by atoms with van der Waals surface area (Å²) in [5.41, 5.74) is 2.26. The van der Waals surface area contributed by atoms with Gasteiger partial charge in [-0.1, -0.05) is 18.1 Å². The fraction of sp³-hybridized carbons (Fsp3) is 0.500. The highest BCUT2D eigenvalue weighted by Crippen LogP contribution is 2.32. The summed E-state index contributed by atoms with van der Waals surface area (Å²) in [6.07, 6.45) is 7.77. The van der Waals surface area contributed by atoms with Crippen LogP contribution in [-0.2, 0) is 14.8 Å². The van der Waals surface area contributed by atoms with Gasteiger partial charge >= 0.3 is 0 Å². The Kier molecular flexibility index (Phi) is 3.91. The number of hydrogen-bond donors (Lipinski definition) is 0. The zero-order valence-corrected chi connectivity index (χ0v) is 13.7. The maximum atomic E-state index is 12.8. The van der Waals surface area contributed by atoms with Crippen molar-refractivity contribution in [1.29, 1.82) is 0 Å². The summed E-state index contributed by atoms with van der Waals surface area (Å²) < 4.78 is 27.2. The number of piperidine rings is 1. The number of fused-ring (bicyclic) bond motifs is 1. The smallest absolute Gasteiger partial charge is 0.267 e. The first-order valence-corrected chi connectivity index (χ1v) is 9.05. The zero-order valence-electron chi connectivity index (χ0n) is 12.9. The number of dihydropyridines is 1. The number of aliphatic imine (C=N–C) groups is 1. The quantitative estimate of drug-likeness (QED) is 0.783. The second-order valence-electron chi connectivity index (χ2n) is 6.06. The van der Waals surface area contributed by atoms with Gasteiger partial charge in [-0.25, -0.2) is 13.4 Å². The Morgan fingerprint density at radius 3 is 2.50 bits per heavy atom. The molecule has 118 valence electrons. The average Bonchev–Trinajstić information content (AvgIpc) is 2.49. The van der Waals surface area contributed by atoms with Crippen LogP contribution in [0.5, 0.6) is 0 Å². The fourth-order valence-electron chi connectivity index (χ4n) is 3.18. The van der Waals surface area contributed by atoms with E-state index in [1.165, 1.54) is 6.08 Å². The molecule has 0 radical (unpaired) electrons. The van der Waals surface area contributed by atoms with Crippen LogP contribution in [0.25, 0.3) is 0 Å². The summed E-state index contributed by atoms with van der Waals surface area (Å²) in [4.78, 5) is 15.9. The van der Waals surface area contributed by atoms with Gasteiger partial charge in [-0.05, 0) is 38.3 Å². The van der Waals surface area contributed by atoms with E-state index < -0.39 is 10.0 Å². The van der Waals surface area contributed by atoms with Crippen LogP contribution in [0, 0.1) is 5.92 Å². The van der Waals surface area contributed by atoms with Crippen molar-refractivity contribution in [3.8, 4) is 0 Å². The van der Waals surface area contributed by atoms with Gasteiger partial charge in [0, 0.05) is 25.1 Å². The minimum atomic E-state index is -3.45. The maximum Gasteiger partial charge on any atom is 0.269 e. The van der Waals surface area contributed by atoms with Crippen LogP contribution in [0.1, 0.15) is 33.1 Å². The molecule has 0 aromatic heterocycles. The zero-order chi connectivity index (χ0) is 15.9. The van der Waals surface area contributed by atoms with Crippen molar-refractivity contribution >= 4 is 21.6 Å². The van der Waals surface area contributed by atoms with E-state index in [4.69, 9.17) is 0 Å². The van der Waals surface area contributed by atoms with E-state index in [1.54, 1.807) is 16.5 Å². The van der Waals surface area contributed by atoms with Crippen molar-refractivity contribution in [2.45, 2.75) is 33.1 Å². The lowest BCUT2D eigenvalue weighted by atomic mass is 9.85. The van der Waals surface area contributed by atoms with Crippen molar-refractivity contribution in [3.63, 3.8) is 0 Å². The number of allylic oxidation sites excluding steroid dienone is 4. The summed E-state index contributed by atoms with van der Waals surface area (Å²) in [6, 6.07) is 0. The van der Waals surface area contributed by atoms with Gasteiger partial charge in [0.25, 0.3) is 5.91 Å². The number of nitrogens with zero attached hydrogens (tertiary/aromatic N) is 2. The first-order valence-electron chi connectivity index (χ1n) is 7.61. The molecular weight excluding hydrogens is 300 g/mol. The molecule has 0 aromatic rings. The van der Waals surface area contributed by atoms with Gasteiger partial charge in [0.15, 0.2) is 0 Å². The SMILES string of the molecule is CC1=CC(S(=O)(=O)N2CCCCC2)=CC2C(C)=CC(=O)N=C12. The summed E-state index contributed by atoms with van der Waals surface area (Å²) in [7, 11) is -3.45. The number of rotatable bonds is 2. The number of sulfonamides is 1. The Balaban J connectivity index is 1.99. The molecule has 0 aromatic carbocycles. The third-order valence-corrected chi connectivity index (χ3v) is 6.31. The van der Waals surface area contributed by atoms with E-state index in [0.717, 1.165) is 30.4 Å². The van der Waals surface area contributed by atoms with Crippen LogP contribution >= 0.6 is 0 Å². The lowest BCUT2D eigenvalue weighted by Gasteiger charge is -2.30. The van der Waals surface area contributed by atoms with Crippen molar-refractivity contribution in [1.82, 2.24) is 4.31 Å². The van der Waals surface area contributed by atoms with Gasteiger partial charge in [0.05, 0.1) is 10.6 Å². The molecule has 1 saturated heterocycles. The molecule has 1 fully saturated rings. The molecule has 5 nitrogen and oxygen atoms in total. The summed E-state index contributed by atoms with van der Waals surface area (Å²) in [5, 5.41) is 0. The molecule has 0 saturated carbocycles. The average molecular weight is 320 g/mol. The number of hydrogen-bond acceptors (Lipinski definition) is 3. The van der Waals surface area contributed by atoms with E-state index >= 15 is 0 Å². The van der Waals surface area contributed by atoms with Crippen molar-refractivity contribution in [2.24, 2.45) is 10.9 Å². The molecule has 3 aliphatic rings. The van der Waals surface area contributed by atoms with Gasteiger partial charge in [-0.2, -0.15) is 4.31 Å². The van der Waals surface area contributed by atoms with E-state index in [9.17, 15) is 13.2 Å². The summed E-state index contributed by atoms with van der Waals surface area (Å²) in [6.45, 7) is 4.84. The summed E-state index contributed by atoms with van der Waals surface area (Å²) >= 11 is 0. The van der Waals surface area contributed by atoms with Crippen molar-refractivity contribution in [3.05, 3.63) is 34.3 Å². The lowest BCUT2D eigenvalue weighted by Crippen LogP contribution is -2.37. The monoisotopic (exact) mass is 320 g/mol. The molecule has 1 unspecified atom stereocenters. The molecule has 2 heterocycles. The largest absolute Gasteiger partial charge is 0.269 e. The highest BCUT2D eigenvalue weighted by Gasteiger charge is 2.33. The molecule has 0 spiro atoms. The highest BCUT2D eigenvalue weighted by atomic mass is 32.2. The third-order valence-electron chi connectivity index (χ3n) is 4.41. The normalized spacial score (nSPS) is 26.6. The van der Waals surface area contributed by atoms with Gasteiger partial charge in [-0.15, -0.1) is 0 Å². The standard InChI is InChI=1S/C16H20N2O3S/c1-11-9-15(19)17-16-12(2)8-13(10-14(11)16)22(20,21)18-6-4-3-5-7-18/h8-10,14H,3-7H2,1-2H3. The first-order chi connectivity index (χ1) is 10.4. The van der Waals surface area contributed by atoms with Crippen LogP contribution in [0.15, 0.2) is 39.3 Å². The predicted octanol–water partition coefficient (Wildman–Crippen LogP) is 2.19. The number of carbonyl (C=O) groups excluding carboxylic acids is 1. The van der Waals surface area contributed by atoms with Crippen molar-refractivity contribution in [2.75, 3.05) is 13.1 Å². The van der Waals surface area contributed by atoms with Gasteiger partial charge in [0.1, 0.15) is 0 Å². The Labute approximate surface area is 131 Å². The Morgan fingerprint density at radius 1 is 1.14 bits per heavy atom. The lowest BCUT2D eigenvalue weighted by molar-refractivity contribution is -0.113. The second kappa shape index (κ2) is 5.59. The second-order valence-corrected chi connectivity index (χ2v) is 8.00. The van der Waals surface area contributed by atoms with Gasteiger partial charge in [0.2, 0.25) is 10.0 Å². The molecule has 2 aliphatic heterocycles. The topological polar surface area (TPSA) is 66.8 Å². The minimum absolute atomic E-state index is 0.211. The van der Waals surface area contributed by atoms with Crippen LogP contribution in [0.2, 0.25) is 0 Å².